The van der Waals surface area contributed by atoms with E-state index in [0.29, 0.717) is 19.4 Å². The van der Waals surface area contributed by atoms with Crippen molar-refractivity contribution in [1.82, 2.24) is 0 Å². The summed E-state index contributed by atoms with van der Waals surface area (Å²) in [5, 5.41) is 0. The molecular weight excluding hydrogens is 837 g/mol. The lowest BCUT2D eigenvalue weighted by molar-refractivity contribution is -0.163. The Kier molecular flexibility index (Phi) is 56.8. The van der Waals surface area contributed by atoms with Crippen molar-refractivity contribution in [3.8, 4) is 0 Å². The standard InChI is InChI=1S/C63H114O5/c1-4-7-10-13-16-19-22-25-28-31-32-34-35-38-41-44-47-50-53-56-62(64)67-60-61(59-66-58-55-52-49-46-43-40-37-30-27-24-21-18-15-12-9-6-3)68-63(65)57-54-51-48-45-42-39-36-33-29-26-23-20-17-14-11-8-5-2/h7,10,16,19,25,28,32,34,38,41,61H,4-6,8-9,11-15,17-18,20-24,26-27,29-31,33,35-37,39-40,42-60H2,1-3H3/b10-7-,19-16-,28-25-,34-32-,41-38-. The average molecular weight is 952 g/mol. The van der Waals surface area contributed by atoms with Gasteiger partial charge in [0, 0.05) is 19.4 Å². The molecule has 0 fully saturated rings. The number of unbranched alkanes of at least 4 members (excludes halogenated alkanes) is 34. The first kappa shape index (κ1) is 65.6. The van der Waals surface area contributed by atoms with E-state index in [1.165, 1.54) is 186 Å². The summed E-state index contributed by atoms with van der Waals surface area (Å²) in [4.78, 5) is 25.5. The minimum atomic E-state index is -0.548. The van der Waals surface area contributed by atoms with E-state index >= 15 is 0 Å². The number of carbonyl (C=O) groups excluding carboxylic acids is 2. The maximum absolute atomic E-state index is 12.9. The van der Waals surface area contributed by atoms with E-state index < -0.39 is 6.10 Å². The van der Waals surface area contributed by atoms with Gasteiger partial charge in [-0.25, -0.2) is 0 Å². The fraction of sp³-hybridized carbons (Fsp3) is 0.810. The summed E-state index contributed by atoms with van der Waals surface area (Å²) in [7, 11) is 0. The Morgan fingerprint density at radius 3 is 1.06 bits per heavy atom. The number of hydrogen-bond donors (Lipinski definition) is 0. The second-order valence-corrected chi connectivity index (χ2v) is 19.9. The van der Waals surface area contributed by atoms with Gasteiger partial charge in [-0.2, -0.15) is 0 Å². The maximum atomic E-state index is 12.9. The van der Waals surface area contributed by atoms with Crippen LogP contribution in [-0.2, 0) is 23.8 Å². The zero-order valence-electron chi connectivity index (χ0n) is 45.6. The molecule has 0 amide bonds. The van der Waals surface area contributed by atoms with Gasteiger partial charge in [-0.1, -0.05) is 287 Å². The van der Waals surface area contributed by atoms with Gasteiger partial charge in [-0.15, -0.1) is 0 Å². The average Bonchev–Trinajstić information content (AvgIpc) is 3.34. The van der Waals surface area contributed by atoms with Crippen LogP contribution in [0.15, 0.2) is 60.8 Å². The normalized spacial score (nSPS) is 12.6. The maximum Gasteiger partial charge on any atom is 0.306 e. The van der Waals surface area contributed by atoms with Gasteiger partial charge in [-0.3, -0.25) is 9.59 Å². The molecule has 5 nitrogen and oxygen atoms in total. The topological polar surface area (TPSA) is 61.8 Å². The minimum Gasteiger partial charge on any atom is -0.462 e. The second kappa shape index (κ2) is 58.9. The zero-order valence-corrected chi connectivity index (χ0v) is 45.6. The van der Waals surface area contributed by atoms with Crippen LogP contribution in [0.3, 0.4) is 0 Å². The summed E-state index contributed by atoms with van der Waals surface area (Å²) in [5.74, 6) is -0.417. The predicted octanol–water partition coefficient (Wildman–Crippen LogP) is 20.5. The first-order valence-electron chi connectivity index (χ1n) is 29.8. The van der Waals surface area contributed by atoms with Crippen molar-refractivity contribution in [2.45, 2.75) is 309 Å². The molecule has 5 heteroatoms. The molecule has 0 aliphatic carbocycles. The first-order valence-corrected chi connectivity index (χ1v) is 29.8. The molecule has 1 unspecified atom stereocenters. The minimum absolute atomic E-state index is 0.0720. The molecule has 0 aliphatic heterocycles. The van der Waals surface area contributed by atoms with Crippen molar-refractivity contribution in [2.24, 2.45) is 0 Å². The van der Waals surface area contributed by atoms with Gasteiger partial charge >= 0.3 is 11.9 Å². The number of ether oxygens (including phenoxy) is 3. The van der Waals surface area contributed by atoms with Crippen LogP contribution >= 0.6 is 0 Å². The van der Waals surface area contributed by atoms with E-state index in [2.05, 4.69) is 81.5 Å². The van der Waals surface area contributed by atoms with Crippen LogP contribution in [0.2, 0.25) is 0 Å². The molecule has 0 heterocycles. The molecule has 0 aromatic rings. The van der Waals surface area contributed by atoms with Crippen LogP contribution in [-0.4, -0.2) is 37.9 Å². The molecule has 0 saturated carbocycles. The van der Waals surface area contributed by atoms with Crippen LogP contribution in [0, 0.1) is 0 Å². The van der Waals surface area contributed by atoms with Crippen LogP contribution in [0.5, 0.6) is 0 Å². The smallest absolute Gasteiger partial charge is 0.306 e. The van der Waals surface area contributed by atoms with Crippen molar-refractivity contribution in [3.05, 3.63) is 60.8 Å². The highest BCUT2D eigenvalue weighted by Gasteiger charge is 2.17. The van der Waals surface area contributed by atoms with Gasteiger partial charge in [-0.05, 0) is 64.2 Å². The number of allylic oxidation sites excluding steroid dienone is 10. The van der Waals surface area contributed by atoms with E-state index in [-0.39, 0.29) is 25.2 Å². The molecule has 0 aromatic heterocycles. The SMILES string of the molecule is CC/C=C\C/C=C\C/C=C\C/C=C\C/C=C\CCCCCC(=O)OCC(COCCCCCCCCCCCCCCCCCC)OC(=O)CCCCCCCCCCCCCCCCCCC. The molecule has 0 bridgehead atoms. The zero-order chi connectivity index (χ0) is 49.2. The molecule has 68 heavy (non-hydrogen) atoms. The third kappa shape index (κ3) is 56.2. The number of hydrogen-bond acceptors (Lipinski definition) is 5. The fourth-order valence-corrected chi connectivity index (χ4v) is 8.66. The number of rotatable bonds is 55. The van der Waals surface area contributed by atoms with E-state index in [4.69, 9.17) is 14.2 Å². The Morgan fingerprint density at radius 2 is 0.662 bits per heavy atom. The van der Waals surface area contributed by atoms with Crippen molar-refractivity contribution in [3.63, 3.8) is 0 Å². The Morgan fingerprint density at radius 1 is 0.338 bits per heavy atom. The number of esters is 2. The summed E-state index contributed by atoms with van der Waals surface area (Å²) < 4.78 is 17.5. The molecule has 1 atom stereocenters. The predicted molar refractivity (Wildman–Crippen MR) is 298 cm³/mol. The van der Waals surface area contributed by atoms with Gasteiger partial charge in [0.2, 0.25) is 0 Å². The summed E-state index contributed by atoms with van der Waals surface area (Å²) in [6.07, 6.45) is 75.3. The van der Waals surface area contributed by atoms with E-state index in [0.717, 1.165) is 83.5 Å². The van der Waals surface area contributed by atoms with Crippen molar-refractivity contribution in [2.75, 3.05) is 19.8 Å². The van der Waals surface area contributed by atoms with Crippen LogP contribution in [0.1, 0.15) is 303 Å². The molecule has 0 aromatic carbocycles. The van der Waals surface area contributed by atoms with Gasteiger partial charge in [0.1, 0.15) is 6.61 Å². The summed E-state index contributed by atoms with van der Waals surface area (Å²) >= 11 is 0. The third-order valence-electron chi connectivity index (χ3n) is 13.1. The van der Waals surface area contributed by atoms with Crippen molar-refractivity contribution < 1.29 is 23.8 Å². The Bertz CT molecular complexity index is 1170. The van der Waals surface area contributed by atoms with Crippen LogP contribution in [0.25, 0.3) is 0 Å². The lowest BCUT2D eigenvalue weighted by Crippen LogP contribution is -2.30. The molecule has 0 radical (unpaired) electrons. The Hall–Kier alpha value is -2.40. The Balaban J connectivity index is 4.30. The summed E-state index contributed by atoms with van der Waals surface area (Å²) in [5.41, 5.74) is 0. The third-order valence-corrected chi connectivity index (χ3v) is 13.1. The van der Waals surface area contributed by atoms with Crippen molar-refractivity contribution in [1.29, 1.82) is 0 Å². The molecule has 396 valence electrons. The Labute approximate surface area is 424 Å². The molecular formula is C63H114O5. The van der Waals surface area contributed by atoms with Crippen LogP contribution < -0.4 is 0 Å². The van der Waals surface area contributed by atoms with Crippen LogP contribution in [0.4, 0.5) is 0 Å². The molecule has 0 saturated heterocycles. The van der Waals surface area contributed by atoms with Gasteiger partial charge in [0.25, 0.3) is 0 Å². The van der Waals surface area contributed by atoms with E-state index in [9.17, 15) is 9.59 Å². The summed E-state index contributed by atoms with van der Waals surface area (Å²) in [6, 6.07) is 0. The highest BCUT2D eigenvalue weighted by Crippen LogP contribution is 2.17. The lowest BCUT2D eigenvalue weighted by atomic mass is 10.0. The molecule has 0 spiro atoms. The van der Waals surface area contributed by atoms with Gasteiger partial charge in [0.05, 0.1) is 6.61 Å². The molecule has 0 N–H and O–H groups in total. The quantitative estimate of drug-likeness (QED) is 0.0345. The summed E-state index contributed by atoms with van der Waals surface area (Å²) in [6.45, 7) is 7.74. The number of carbonyl (C=O) groups is 2. The van der Waals surface area contributed by atoms with Gasteiger partial charge in [0.15, 0.2) is 6.10 Å². The van der Waals surface area contributed by atoms with Crippen molar-refractivity contribution >= 4 is 11.9 Å². The lowest BCUT2D eigenvalue weighted by Gasteiger charge is -2.18. The van der Waals surface area contributed by atoms with Gasteiger partial charge < -0.3 is 14.2 Å². The van der Waals surface area contributed by atoms with E-state index in [1.54, 1.807) is 0 Å². The monoisotopic (exact) mass is 951 g/mol. The highest BCUT2D eigenvalue weighted by molar-refractivity contribution is 5.70. The molecule has 0 rings (SSSR count). The fourth-order valence-electron chi connectivity index (χ4n) is 8.66. The van der Waals surface area contributed by atoms with E-state index in [1.807, 2.05) is 0 Å². The molecule has 0 aliphatic rings. The second-order valence-electron chi connectivity index (χ2n) is 19.9. The largest absolute Gasteiger partial charge is 0.462 e. The highest BCUT2D eigenvalue weighted by atomic mass is 16.6. The first-order chi connectivity index (χ1) is 33.6.